The second kappa shape index (κ2) is 9.69. The predicted octanol–water partition coefficient (Wildman–Crippen LogP) is -0.0919. The van der Waals surface area contributed by atoms with Crippen molar-refractivity contribution in [2.24, 2.45) is 11.7 Å². The number of nitrogens with one attached hydrogen (secondary N) is 1. The van der Waals surface area contributed by atoms with Crippen LogP contribution < -0.4 is 11.1 Å². The highest BCUT2D eigenvalue weighted by Gasteiger charge is 2.19. The summed E-state index contributed by atoms with van der Waals surface area (Å²) in [5.41, 5.74) is 5.38. The zero-order chi connectivity index (χ0) is 13.2. The number of nitrogens with zero attached hydrogens (tertiary/aromatic N) is 1. The molecule has 1 heterocycles. The Morgan fingerprint density at radius 3 is 3.00 bits per heavy atom. The van der Waals surface area contributed by atoms with Crippen molar-refractivity contribution >= 4 is 0 Å². The third-order valence-electron chi connectivity index (χ3n) is 2.96. The van der Waals surface area contributed by atoms with Crippen molar-refractivity contribution in [1.29, 1.82) is 0 Å². The van der Waals surface area contributed by atoms with E-state index in [1.165, 1.54) is 0 Å². The first-order valence-electron chi connectivity index (χ1n) is 7.05. The molecule has 0 aromatic rings. The molecule has 18 heavy (non-hydrogen) atoms. The SMILES string of the molecule is CC(C)CNCC1CN(CCOCCN)CCO1. The summed E-state index contributed by atoms with van der Waals surface area (Å²) in [7, 11) is 0. The van der Waals surface area contributed by atoms with Crippen LogP contribution in [-0.4, -0.2) is 70.1 Å². The van der Waals surface area contributed by atoms with Crippen molar-refractivity contribution in [3.05, 3.63) is 0 Å². The van der Waals surface area contributed by atoms with Crippen molar-refractivity contribution in [1.82, 2.24) is 10.2 Å². The number of ether oxygens (including phenoxy) is 2. The molecule has 0 saturated carbocycles. The Morgan fingerprint density at radius 2 is 2.28 bits per heavy atom. The van der Waals surface area contributed by atoms with Gasteiger partial charge in [0.05, 0.1) is 25.9 Å². The lowest BCUT2D eigenvalue weighted by Gasteiger charge is -2.33. The normalized spacial score (nSPS) is 21.7. The number of morpholine rings is 1. The van der Waals surface area contributed by atoms with Crippen LogP contribution in [0.5, 0.6) is 0 Å². The van der Waals surface area contributed by atoms with Gasteiger partial charge in [-0.1, -0.05) is 13.8 Å². The first-order valence-corrected chi connectivity index (χ1v) is 7.05. The molecule has 0 spiro atoms. The van der Waals surface area contributed by atoms with Gasteiger partial charge in [-0.2, -0.15) is 0 Å². The van der Waals surface area contributed by atoms with Gasteiger partial charge in [0.1, 0.15) is 0 Å². The molecule has 0 aromatic heterocycles. The minimum atomic E-state index is 0.312. The van der Waals surface area contributed by atoms with Gasteiger partial charge >= 0.3 is 0 Å². The Kier molecular flexibility index (Phi) is 8.54. The monoisotopic (exact) mass is 259 g/mol. The third kappa shape index (κ3) is 7.28. The Bertz CT molecular complexity index is 203. The summed E-state index contributed by atoms with van der Waals surface area (Å²) >= 11 is 0. The maximum Gasteiger partial charge on any atom is 0.0826 e. The summed E-state index contributed by atoms with van der Waals surface area (Å²) < 4.78 is 11.2. The van der Waals surface area contributed by atoms with Gasteiger partial charge in [-0.3, -0.25) is 4.90 Å². The van der Waals surface area contributed by atoms with Crippen LogP contribution >= 0.6 is 0 Å². The van der Waals surface area contributed by atoms with Crippen molar-refractivity contribution in [3.8, 4) is 0 Å². The number of hydrogen-bond acceptors (Lipinski definition) is 5. The van der Waals surface area contributed by atoms with E-state index in [0.29, 0.717) is 25.2 Å². The molecule has 3 N–H and O–H groups in total. The van der Waals surface area contributed by atoms with Crippen LogP contribution in [0.15, 0.2) is 0 Å². The Morgan fingerprint density at radius 1 is 1.44 bits per heavy atom. The minimum absolute atomic E-state index is 0.312. The molecular formula is C13H29N3O2. The van der Waals surface area contributed by atoms with Crippen molar-refractivity contribution in [2.45, 2.75) is 20.0 Å². The van der Waals surface area contributed by atoms with E-state index in [-0.39, 0.29) is 0 Å². The Labute approximate surface area is 111 Å². The number of nitrogens with two attached hydrogens (primary N) is 1. The Balaban J connectivity index is 2.08. The van der Waals surface area contributed by atoms with E-state index in [4.69, 9.17) is 15.2 Å². The highest BCUT2D eigenvalue weighted by Crippen LogP contribution is 2.04. The van der Waals surface area contributed by atoms with Crippen LogP contribution in [0.25, 0.3) is 0 Å². The van der Waals surface area contributed by atoms with Gasteiger partial charge in [0.2, 0.25) is 0 Å². The van der Waals surface area contributed by atoms with Gasteiger partial charge in [-0.25, -0.2) is 0 Å². The summed E-state index contributed by atoms with van der Waals surface area (Å²) in [6.45, 7) is 12.3. The fourth-order valence-corrected chi connectivity index (χ4v) is 2.02. The molecule has 0 bridgehead atoms. The highest BCUT2D eigenvalue weighted by atomic mass is 16.5. The van der Waals surface area contributed by atoms with Gasteiger partial charge in [0, 0.05) is 32.7 Å². The average Bonchev–Trinajstić information content (AvgIpc) is 2.35. The molecule has 0 radical (unpaired) electrons. The van der Waals surface area contributed by atoms with Crippen LogP contribution in [-0.2, 0) is 9.47 Å². The second-order valence-corrected chi connectivity index (χ2v) is 5.25. The van der Waals surface area contributed by atoms with E-state index < -0.39 is 0 Å². The minimum Gasteiger partial charge on any atom is -0.379 e. The van der Waals surface area contributed by atoms with E-state index in [0.717, 1.165) is 45.9 Å². The molecule has 1 atom stereocenters. The Hall–Kier alpha value is -0.200. The maximum atomic E-state index is 5.75. The molecule has 0 aromatic carbocycles. The lowest BCUT2D eigenvalue weighted by Crippen LogP contribution is -2.47. The molecule has 5 heteroatoms. The number of rotatable bonds is 9. The van der Waals surface area contributed by atoms with Crippen molar-refractivity contribution in [2.75, 3.05) is 59.1 Å². The quantitative estimate of drug-likeness (QED) is 0.567. The van der Waals surface area contributed by atoms with Crippen molar-refractivity contribution < 1.29 is 9.47 Å². The van der Waals surface area contributed by atoms with E-state index in [1.54, 1.807) is 0 Å². The van der Waals surface area contributed by atoms with E-state index >= 15 is 0 Å². The van der Waals surface area contributed by atoms with Gasteiger partial charge < -0.3 is 20.5 Å². The summed E-state index contributed by atoms with van der Waals surface area (Å²) in [5, 5.41) is 3.45. The zero-order valence-electron chi connectivity index (χ0n) is 11.9. The van der Waals surface area contributed by atoms with Crippen LogP contribution in [0.4, 0.5) is 0 Å². The zero-order valence-corrected chi connectivity index (χ0v) is 11.9. The largest absolute Gasteiger partial charge is 0.379 e. The second-order valence-electron chi connectivity index (χ2n) is 5.25. The first-order chi connectivity index (χ1) is 8.72. The van der Waals surface area contributed by atoms with Crippen LogP contribution in [0.2, 0.25) is 0 Å². The van der Waals surface area contributed by atoms with E-state index in [1.807, 2.05) is 0 Å². The van der Waals surface area contributed by atoms with Crippen LogP contribution in [0, 0.1) is 5.92 Å². The fourth-order valence-electron chi connectivity index (χ4n) is 2.02. The first kappa shape index (κ1) is 15.9. The third-order valence-corrected chi connectivity index (χ3v) is 2.96. The summed E-state index contributed by atoms with van der Waals surface area (Å²) in [4.78, 5) is 2.40. The van der Waals surface area contributed by atoms with Crippen LogP contribution in [0.1, 0.15) is 13.8 Å². The highest BCUT2D eigenvalue weighted by molar-refractivity contribution is 4.73. The topological polar surface area (TPSA) is 59.8 Å². The van der Waals surface area contributed by atoms with Gasteiger partial charge in [0.15, 0.2) is 0 Å². The molecule has 1 saturated heterocycles. The lowest BCUT2D eigenvalue weighted by atomic mass is 10.2. The van der Waals surface area contributed by atoms with Crippen molar-refractivity contribution in [3.63, 3.8) is 0 Å². The lowest BCUT2D eigenvalue weighted by molar-refractivity contribution is -0.0347. The van der Waals surface area contributed by atoms with E-state index in [2.05, 4.69) is 24.1 Å². The molecule has 1 rings (SSSR count). The molecule has 0 aliphatic carbocycles. The maximum absolute atomic E-state index is 5.75. The predicted molar refractivity (Wildman–Crippen MR) is 73.8 cm³/mol. The molecule has 108 valence electrons. The smallest absolute Gasteiger partial charge is 0.0826 e. The molecule has 5 nitrogen and oxygen atoms in total. The molecule has 1 fully saturated rings. The summed E-state index contributed by atoms with van der Waals surface area (Å²) in [6.07, 6.45) is 0.312. The molecule has 0 amide bonds. The molecular weight excluding hydrogens is 230 g/mol. The standard InChI is InChI=1S/C13H29N3O2/c1-12(2)9-15-10-13-11-16(5-8-18-13)4-7-17-6-3-14/h12-13,15H,3-11,14H2,1-2H3. The molecule has 1 aliphatic heterocycles. The number of hydrogen-bond donors (Lipinski definition) is 2. The van der Waals surface area contributed by atoms with Crippen LogP contribution in [0.3, 0.4) is 0 Å². The van der Waals surface area contributed by atoms with E-state index in [9.17, 15) is 0 Å². The molecule has 1 unspecified atom stereocenters. The van der Waals surface area contributed by atoms with Gasteiger partial charge in [-0.15, -0.1) is 0 Å². The summed E-state index contributed by atoms with van der Waals surface area (Å²) in [6, 6.07) is 0. The fraction of sp³-hybridized carbons (Fsp3) is 1.00. The van der Waals surface area contributed by atoms with Gasteiger partial charge in [-0.05, 0) is 12.5 Å². The summed E-state index contributed by atoms with van der Waals surface area (Å²) in [5.74, 6) is 0.689. The molecule has 1 aliphatic rings. The van der Waals surface area contributed by atoms with Gasteiger partial charge in [0.25, 0.3) is 0 Å². The average molecular weight is 259 g/mol.